The van der Waals surface area contributed by atoms with Gasteiger partial charge >= 0.3 is 6.03 Å². The predicted molar refractivity (Wildman–Crippen MR) is 111 cm³/mol. The number of carbonyl (C=O) groups excluding carboxylic acids is 2. The van der Waals surface area contributed by atoms with E-state index < -0.39 is 12.0 Å². The highest BCUT2D eigenvalue weighted by molar-refractivity contribution is 5.75. The number of urea groups is 1. The number of rotatable bonds is 18. The van der Waals surface area contributed by atoms with Crippen LogP contribution in [0.2, 0.25) is 0 Å². The average Bonchev–Trinajstić information content (AvgIpc) is 2.56. The average molecular weight is 402 g/mol. The van der Waals surface area contributed by atoms with Crippen LogP contribution >= 0.6 is 0 Å². The Balaban J connectivity index is 3.63. The highest BCUT2D eigenvalue weighted by Crippen LogP contribution is 2.10. The van der Waals surface area contributed by atoms with Crippen molar-refractivity contribution >= 4 is 12.0 Å². The number of carboxylic acid groups (broad SMARTS) is 1. The van der Waals surface area contributed by atoms with Crippen molar-refractivity contribution in [3.8, 4) is 0 Å². The highest BCUT2D eigenvalue weighted by atomic mass is 16.5. The fourth-order valence-corrected chi connectivity index (χ4v) is 3.25. The second kappa shape index (κ2) is 16.6. The molecular formula is C21H43N3O4. The molecule has 0 aromatic rings. The van der Waals surface area contributed by atoms with Crippen molar-refractivity contribution in [3.63, 3.8) is 0 Å². The summed E-state index contributed by atoms with van der Waals surface area (Å²) in [5.41, 5.74) is 0. The van der Waals surface area contributed by atoms with Crippen molar-refractivity contribution in [2.75, 3.05) is 47.9 Å². The minimum absolute atomic E-state index is 0.171. The first-order valence-corrected chi connectivity index (χ1v) is 10.8. The molecule has 166 valence electrons. The molecule has 0 unspecified atom stereocenters. The predicted octanol–water partition coefficient (Wildman–Crippen LogP) is 2.05. The van der Waals surface area contributed by atoms with Gasteiger partial charge in [0.25, 0.3) is 0 Å². The Bertz CT molecular complexity index is 411. The number of unbranched alkanes of at least 4 members (excludes halogenated alkanes) is 9. The van der Waals surface area contributed by atoms with Crippen LogP contribution in [0.25, 0.3) is 0 Å². The number of hydrogen-bond acceptors (Lipinski definition) is 4. The van der Waals surface area contributed by atoms with E-state index in [1.165, 1.54) is 51.4 Å². The lowest BCUT2D eigenvalue weighted by molar-refractivity contribution is -0.871. The van der Waals surface area contributed by atoms with E-state index in [0.29, 0.717) is 17.6 Å². The van der Waals surface area contributed by atoms with Gasteiger partial charge < -0.3 is 29.8 Å². The third kappa shape index (κ3) is 19.4. The molecule has 0 rings (SSSR count). The maximum Gasteiger partial charge on any atom is 0.315 e. The number of carbonyl (C=O) groups is 2. The van der Waals surface area contributed by atoms with Crippen LogP contribution in [-0.2, 0) is 9.53 Å². The summed E-state index contributed by atoms with van der Waals surface area (Å²) >= 11 is 0. The maximum absolute atomic E-state index is 12.0. The second-order valence-electron chi connectivity index (χ2n) is 8.67. The quantitative estimate of drug-likeness (QED) is 0.272. The second-order valence-corrected chi connectivity index (χ2v) is 8.67. The van der Waals surface area contributed by atoms with Crippen LogP contribution in [0.1, 0.15) is 70.6 Å². The Hall–Kier alpha value is -1.34. The van der Waals surface area contributed by atoms with E-state index in [1.54, 1.807) is 7.11 Å². The smallest absolute Gasteiger partial charge is 0.315 e. The Kier molecular flexibility index (Phi) is 15.8. The molecule has 0 bridgehead atoms. The molecule has 0 aliphatic carbocycles. The molecule has 0 aromatic heterocycles. The fourth-order valence-electron chi connectivity index (χ4n) is 3.25. The molecule has 0 aromatic carbocycles. The van der Waals surface area contributed by atoms with Gasteiger partial charge in [0.05, 0.1) is 33.7 Å². The van der Waals surface area contributed by atoms with Gasteiger partial charge in [0.1, 0.15) is 0 Å². The van der Waals surface area contributed by atoms with Crippen molar-refractivity contribution in [1.82, 2.24) is 10.6 Å². The number of carboxylic acids is 1. The molecule has 0 radical (unpaired) electrons. The van der Waals surface area contributed by atoms with Gasteiger partial charge in [-0.25, -0.2) is 4.79 Å². The third-order valence-corrected chi connectivity index (χ3v) is 4.58. The van der Waals surface area contributed by atoms with Crippen LogP contribution in [0.15, 0.2) is 0 Å². The number of methoxy groups -OCH3 is 1. The molecule has 0 aliphatic rings. The lowest BCUT2D eigenvalue weighted by atomic mass is 10.1. The number of ether oxygens (including phenoxy) is 1. The molecule has 0 saturated heterocycles. The molecule has 0 saturated carbocycles. The number of nitrogens with zero attached hydrogens (tertiary/aromatic N) is 1. The molecule has 0 fully saturated rings. The zero-order valence-electron chi connectivity index (χ0n) is 18.6. The van der Waals surface area contributed by atoms with Crippen LogP contribution < -0.4 is 15.7 Å². The molecule has 28 heavy (non-hydrogen) atoms. The van der Waals surface area contributed by atoms with Crippen LogP contribution in [0.3, 0.4) is 0 Å². The minimum Gasteiger partial charge on any atom is -0.550 e. The topological polar surface area (TPSA) is 90.5 Å². The van der Waals surface area contributed by atoms with Gasteiger partial charge in [-0.3, -0.25) is 0 Å². The van der Waals surface area contributed by atoms with Crippen molar-refractivity contribution < 1.29 is 23.9 Å². The van der Waals surface area contributed by atoms with Crippen molar-refractivity contribution in [2.45, 2.75) is 76.7 Å². The number of amides is 2. The number of aliphatic carboxylic acids is 1. The van der Waals surface area contributed by atoms with Crippen LogP contribution in [0, 0.1) is 0 Å². The van der Waals surface area contributed by atoms with E-state index in [9.17, 15) is 14.7 Å². The summed E-state index contributed by atoms with van der Waals surface area (Å²) in [4.78, 5) is 22.8. The number of quaternary nitrogens is 1. The molecule has 0 heterocycles. The third-order valence-electron chi connectivity index (χ3n) is 4.58. The van der Waals surface area contributed by atoms with E-state index in [4.69, 9.17) is 4.74 Å². The summed E-state index contributed by atoms with van der Waals surface area (Å²) < 4.78 is 5.62. The summed E-state index contributed by atoms with van der Waals surface area (Å²) in [6.07, 6.45) is 12.0. The highest BCUT2D eigenvalue weighted by Gasteiger charge is 2.20. The standard InChI is InChI=1S/C21H43N3O4/c1-24(2,3)18-19(17-20(25)26)23-21(27)22-15-13-11-9-7-5-6-8-10-12-14-16-28-4/h19H,5-18H2,1-4H3,(H2-,22,23,25,26,27)/t19-/m1/s1. The first-order chi connectivity index (χ1) is 13.2. The van der Waals surface area contributed by atoms with E-state index >= 15 is 0 Å². The van der Waals surface area contributed by atoms with Gasteiger partial charge in [-0.15, -0.1) is 0 Å². The lowest BCUT2D eigenvalue weighted by Crippen LogP contribution is -2.53. The molecule has 1 atom stereocenters. The summed E-state index contributed by atoms with van der Waals surface area (Å²) in [6, 6.07) is -0.729. The van der Waals surface area contributed by atoms with Gasteiger partial charge in [-0.2, -0.15) is 0 Å². The van der Waals surface area contributed by atoms with Crippen LogP contribution in [0.5, 0.6) is 0 Å². The summed E-state index contributed by atoms with van der Waals surface area (Å²) in [6.45, 7) is 2.03. The fraction of sp³-hybridized carbons (Fsp3) is 0.905. The molecule has 2 N–H and O–H groups in total. The molecule has 0 aliphatic heterocycles. The van der Waals surface area contributed by atoms with Crippen molar-refractivity contribution in [3.05, 3.63) is 0 Å². The molecule has 2 amide bonds. The number of hydrogen-bond donors (Lipinski definition) is 2. The number of nitrogens with one attached hydrogen (secondary N) is 2. The van der Waals surface area contributed by atoms with E-state index in [2.05, 4.69) is 10.6 Å². The Morgan fingerprint density at radius 1 is 0.893 bits per heavy atom. The largest absolute Gasteiger partial charge is 0.550 e. The van der Waals surface area contributed by atoms with Crippen molar-refractivity contribution in [2.24, 2.45) is 0 Å². The Labute approximate surface area is 171 Å². The van der Waals surface area contributed by atoms with Gasteiger partial charge in [0, 0.05) is 32.7 Å². The molecule has 0 spiro atoms. The normalized spacial score (nSPS) is 12.6. The summed E-state index contributed by atoms with van der Waals surface area (Å²) in [5.74, 6) is -1.14. The lowest BCUT2D eigenvalue weighted by Gasteiger charge is -2.30. The van der Waals surface area contributed by atoms with Gasteiger partial charge in [-0.05, 0) is 12.8 Å². The van der Waals surface area contributed by atoms with E-state index in [1.807, 2.05) is 21.1 Å². The summed E-state index contributed by atoms with van der Waals surface area (Å²) in [7, 11) is 7.64. The monoisotopic (exact) mass is 401 g/mol. The minimum atomic E-state index is -1.14. The molecular weight excluding hydrogens is 358 g/mol. The van der Waals surface area contributed by atoms with E-state index in [0.717, 1.165) is 19.4 Å². The van der Waals surface area contributed by atoms with Crippen LogP contribution in [-0.4, -0.2) is 70.5 Å². The Morgan fingerprint density at radius 2 is 1.39 bits per heavy atom. The van der Waals surface area contributed by atoms with E-state index in [-0.39, 0.29) is 12.5 Å². The number of likely N-dealkylation sites (N-methyl/N-ethyl adjacent to an activating group) is 1. The van der Waals surface area contributed by atoms with Crippen molar-refractivity contribution in [1.29, 1.82) is 0 Å². The molecule has 7 nitrogen and oxygen atoms in total. The first kappa shape index (κ1) is 26.7. The molecule has 7 heteroatoms. The van der Waals surface area contributed by atoms with Gasteiger partial charge in [0.2, 0.25) is 0 Å². The van der Waals surface area contributed by atoms with Gasteiger partial charge in [0.15, 0.2) is 0 Å². The van der Waals surface area contributed by atoms with Gasteiger partial charge in [-0.1, -0.05) is 51.4 Å². The first-order valence-electron chi connectivity index (χ1n) is 10.8. The SMILES string of the molecule is COCCCCCCCCCCCCNC(=O)N[C@H](CC(=O)[O-])C[N+](C)(C)C. The Morgan fingerprint density at radius 3 is 1.86 bits per heavy atom. The summed E-state index contributed by atoms with van der Waals surface area (Å²) in [5, 5.41) is 16.4. The zero-order valence-corrected chi connectivity index (χ0v) is 18.6. The maximum atomic E-state index is 12.0. The van der Waals surface area contributed by atoms with Crippen LogP contribution in [0.4, 0.5) is 4.79 Å². The zero-order chi connectivity index (χ0) is 21.3.